The van der Waals surface area contributed by atoms with Crippen molar-refractivity contribution >= 4 is 50.9 Å². The van der Waals surface area contributed by atoms with Crippen LogP contribution in [0.5, 0.6) is 11.5 Å². The van der Waals surface area contributed by atoms with Gasteiger partial charge in [0.2, 0.25) is 0 Å². The van der Waals surface area contributed by atoms with Crippen LogP contribution in [0.15, 0.2) is 45.8 Å². The SMILES string of the molecule is CCOc1cc(/C=C2\SC(=O)N(CC(=O)O[C@H](C)CC)C2=O)cc(Br)c1OCc1ccccc1F. The van der Waals surface area contributed by atoms with E-state index in [1.54, 1.807) is 43.3 Å². The standard InChI is InChI=1S/C25H25BrFNO6S/c1-4-15(3)34-22(29)13-28-24(30)21(35-25(28)31)12-16-10-18(26)23(20(11-16)32-5-2)33-14-17-8-6-7-9-19(17)27/h6-12,15H,4-5,13-14H2,1-3H3/b21-12-/t15-/m1/s1. The molecule has 1 heterocycles. The lowest BCUT2D eigenvalue weighted by Gasteiger charge is -2.15. The molecule has 7 nitrogen and oxygen atoms in total. The number of halogens is 2. The molecule has 186 valence electrons. The Morgan fingerprint density at radius 3 is 2.63 bits per heavy atom. The highest BCUT2D eigenvalue weighted by molar-refractivity contribution is 9.10. The molecule has 2 aromatic carbocycles. The molecular weight excluding hydrogens is 541 g/mol. The molecule has 1 aliphatic rings. The van der Waals surface area contributed by atoms with Crippen molar-refractivity contribution < 1.29 is 33.0 Å². The quantitative estimate of drug-likeness (QED) is 0.260. The van der Waals surface area contributed by atoms with Crippen molar-refractivity contribution in [3.8, 4) is 11.5 Å². The largest absolute Gasteiger partial charge is 0.490 e. The highest BCUT2D eigenvalue weighted by atomic mass is 79.9. The Balaban J connectivity index is 1.80. The molecule has 1 atom stereocenters. The predicted molar refractivity (Wildman–Crippen MR) is 135 cm³/mol. The first-order valence-corrected chi connectivity index (χ1v) is 12.6. The number of imide groups is 1. The number of carbonyl (C=O) groups is 3. The third-order valence-electron chi connectivity index (χ3n) is 5.03. The zero-order chi connectivity index (χ0) is 25.5. The lowest BCUT2D eigenvalue weighted by Crippen LogP contribution is -2.35. The van der Waals surface area contributed by atoms with Crippen LogP contribution in [0.2, 0.25) is 0 Å². The Kier molecular flexibility index (Phi) is 9.33. The van der Waals surface area contributed by atoms with Gasteiger partial charge in [0.05, 0.1) is 22.1 Å². The molecule has 0 N–H and O–H groups in total. The van der Waals surface area contributed by atoms with Gasteiger partial charge in [-0.3, -0.25) is 19.3 Å². The second kappa shape index (κ2) is 12.2. The molecule has 1 aliphatic heterocycles. The van der Waals surface area contributed by atoms with Gasteiger partial charge in [0.1, 0.15) is 19.0 Å². The van der Waals surface area contributed by atoms with Crippen molar-refractivity contribution in [3.63, 3.8) is 0 Å². The van der Waals surface area contributed by atoms with E-state index in [0.29, 0.717) is 40.1 Å². The number of rotatable bonds is 10. The normalized spacial score (nSPS) is 15.5. The third-order valence-corrected chi connectivity index (χ3v) is 6.52. The van der Waals surface area contributed by atoms with Crippen molar-refractivity contribution in [3.05, 3.63) is 62.7 Å². The average Bonchev–Trinajstić information content (AvgIpc) is 3.06. The van der Waals surface area contributed by atoms with E-state index in [-0.39, 0.29) is 23.4 Å². The molecule has 35 heavy (non-hydrogen) atoms. The zero-order valence-corrected chi connectivity index (χ0v) is 21.9. The van der Waals surface area contributed by atoms with Crippen LogP contribution >= 0.6 is 27.7 Å². The summed E-state index contributed by atoms with van der Waals surface area (Å²) in [5, 5.41) is -0.545. The summed E-state index contributed by atoms with van der Waals surface area (Å²) in [6.45, 7) is 5.32. The maximum Gasteiger partial charge on any atom is 0.326 e. The fourth-order valence-corrected chi connectivity index (χ4v) is 4.51. The van der Waals surface area contributed by atoms with Crippen LogP contribution in [0.1, 0.15) is 38.3 Å². The Bertz CT molecular complexity index is 1150. The van der Waals surface area contributed by atoms with Crippen molar-refractivity contribution in [1.82, 2.24) is 4.90 Å². The van der Waals surface area contributed by atoms with Gasteiger partial charge in [0.15, 0.2) is 11.5 Å². The van der Waals surface area contributed by atoms with E-state index in [1.165, 1.54) is 6.07 Å². The summed E-state index contributed by atoms with van der Waals surface area (Å²) < 4.78 is 31.2. The molecule has 0 aliphatic carbocycles. The van der Waals surface area contributed by atoms with Gasteiger partial charge in [-0.05, 0) is 77.8 Å². The molecule has 0 unspecified atom stereocenters. The number of amides is 2. The van der Waals surface area contributed by atoms with Crippen molar-refractivity contribution in [1.29, 1.82) is 0 Å². The van der Waals surface area contributed by atoms with Crippen molar-refractivity contribution in [2.45, 2.75) is 39.9 Å². The number of hydrogen-bond acceptors (Lipinski definition) is 7. The van der Waals surface area contributed by atoms with Gasteiger partial charge in [0.25, 0.3) is 11.1 Å². The minimum atomic E-state index is -0.638. The number of ether oxygens (including phenoxy) is 3. The monoisotopic (exact) mass is 565 g/mol. The summed E-state index contributed by atoms with van der Waals surface area (Å²) in [5.74, 6) is -0.813. The molecule has 0 bridgehead atoms. The maximum absolute atomic E-state index is 14.0. The minimum Gasteiger partial charge on any atom is -0.490 e. The smallest absolute Gasteiger partial charge is 0.326 e. The van der Waals surface area contributed by atoms with E-state index < -0.39 is 23.7 Å². The number of carbonyl (C=O) groups excluding carboxylic acids is 3. The van der Waals surface area contributed by atoms with E-state index in [0.717, 1.165) is 16.7 Å². The van der Waals surface area contributed by atoms with Crippen LogP contribution in [-0.4, -0.2) is 41.3 Å². The number of thioether (sulfide) groups is 1. The maximum atomic E-state index is 14.0. The third kappa shape index (κ3) is 6.85. The van der Waals surface area contributed by atoms with Crippen LogP contribution in [-0.2, 0) is 20.9 Å². The fraction of sp³-hybridized carbons (Fsp3) is 0.320. The van der Waals surface area contributed by atoms with Crippen LogP contribution in [0, 0.1) is 5.82 Å². The molecular formula is C25H25BrFNO6S. The fourth-order valence-electron chi connectivity index (χ4n) is 3.10. The summed E-state index contributed by atoms with van der Waals surface area (Å²) >= 11 is 4.20. The lowest BCUT2D eigenvalue weighted by molar-refractivity contribution is -0.150. The Morgan fingerprint density at radius 2 is 1.94 bits per heavy atom. The number of esters is 1. The van der Waals surface area contributed by atoms with E-state index in [4.69, 9.17) is 14.2 Å². The van der Waals surface area contributed by atoms with Crippen LogP contribution < -0.4 is 9.47 Å². The summed E-state index contributed by atoms with van der Waals surface area (Å²) in [6.07, 6.45) is 1.87. The van der Waals surface area contributed by atoms with Gasteiger partial charge in [-0.15, -0.1) is 0 Å². The van der Waals surface area contributed by atoms with Crippen LogP contribution in [0.3, 0.4) is 0 Å². The Hall–Kier alpha value is -2.85. The van der Waals surface area contributed by atoms with Gasteiger partial charge < -0.3 is 14.2 Å². The number of hydrogen-bond donors (Lipinski definition) is 0. The van der Waals surface area contributed by atoms with E-state index in [1.807, 2.05) is 13.8 Å². The molecule has 2 aromatic rings. The molecule has 10 heteroatoms. The summed E-state index contributed by atoms with van der Waals surface area (Å²) in [5.41, 5.74) is 0.970. The second-order valence-corrected chi connectivity index (χ2v) is 9.47. The topological polar surface area (TPSA) is 82.1 Å². The Morgan fingerprint density at radius 1 is 1.20 bits per heavy atom. The molecule has 0 spiro atoms. The first-order valence-electron chi connectivity index (χ1n) is 11.0. The highest BCUT2D eigenvalue weighted by Gasteiger charge is 2.37. The van der Waals surface area contributed by atoms with E-state index in [2.05, 4.69) is 15.9 Å². The van der Waals surface area contributed by atoms with E-state index in [9.17, 15) is 18.8 Å². The number of nitrogens with zero attached hydrogens (tertiary/aromatic N) is 1. The molecule has 3 rings (SSSR count). The molecule has 0 saturated carbocycles. The second-order valence-electron chi connectivity index (χ2n) is 7.62. The predicted octanol–water partition coefficient (Wildman–Crippen LogP) is 5.94. The number of benzene rings is 2. The lowest BCUT2D eigenvalue weighted by atomic mass is 10.1. The van der Waals surface area contributed by atoms with Gasteiger partial charge >= 0.3 is 5.97 Å². The molecule has 2 amide bonds. The molecule has 1 fully saturated rings. The average molecular weight is 566 g/mol. The van der Waals surface area contributed by atoms with Gasteiger partial charge in [-0.25, -0.2) is 4.39 Å². The summed E-state index contributed by atoms with van der Waals surface area (Å²) in [7, 11) is 0. The van der Waals surface area contributed by atoms with Crippen LogP contribution in [0.25, 0.3) is 6.08 Å². The summed E-state index contributed by atoms with van der Waals surface area (Å²) in [6, 6.07) is 9.68. The van der Waals surface area contributed by atoms with Crippen molar-refractivity contribution in [2.75, 3.05) is 13.2 Å². The molecule has 0 aromatic heterocycles. The molecule has 0 radical (unpaired) electrons. The van der Waals surface area contributed by atoms with Gasteiger partial charge in [-0.1, -0.05) is 25.1 Å². The first-order chi connectivity index (χ1) is 16.7. The van der Waals surface area contributed by atoms with Gasteiger partial charge in [-0.2, -0.15) is 0 Å². The zero-order valence-electron chi connectivity index (χ0n) is 19.5. The van der Waals surface area contributed by atoms with Gasteiger partial charge in [0, 0.05) is 5.56 Å². The minimum absolute atomic E-state index is 0.00364. The van der Waals surface area contributed by atoms with Crippen LogP contribution in [0.4, 0.5) is 9.18 Å². The van der Waals surface area contributed by atoms with E-state index >= 15 is 0 Å². The first kappa shape index (κ1) is 26.7. The van der Waals surface area contributed by atoms with Crippen molar-refractivity contribution in [2.24, 2.45) is 0 Å². The molecule has 1 saturated heterocycles. The Labute approximate surface area is 215 Å². The summed E-state index contributed by atoms with van der Waals surface area (Å²) in [4.78, 5) is 38.2. The highest BCUT2D eigenvalue weighted by Crippen LogP contribution is 2.39.